The molecule has 0 atom stereocenters. The average molecular weight is 252 g/mol. The van der Waals surface area contributed by atoms with Gasteiger partial charge in [0, 0.05) is 0 Å². The molecule has 0 nitrogen and oxygen atoms in total. The molecule has 1 heterocycles. The molecule has 0 radical (unpaired) electrons. The van der Waals surface area contributed by atoms with E-state index in [-0.39, 0.29) is 0 Å². The smallest absolute Gasteiger partial charge is 0.00584 e. The van der Waals surface area contributed by atoms with E-state index in [9.17, 15) is 0 Å². The third-order valence-electron chi connectivity index (χ3n) is 3.43. The summed E-state index contributed by atoms with van der Waals surface area (Å²) in [6, 6.07) is 0. The summed E-state index contributed by atoms with van der Waals surface area (Å²) in [5.41, 5.74) is 3.28. The van der Waals surface area contributed by atoms with Gasteiger partial charge >= 0.3 is 0 Å². The van der Waals surface area contributed by atoms with Gasteiger partial charge in [-0.2, -0.15) is 11.3 Å². The minimum atomic E-state index is 1.31. The second kappa shape index (κ2) is 9.70. The summed E-state index contributed by atoms with van der Waals surface area (Å²) < 4.78 is 0. The van der Waals surface area contributed by atoms with Crippen molar-refractivity contribution >= 4 is 11.3 Å². The molecule has 0 bridgehead atoms. The maximum atomic E-state index is 2.38. The van der Waals surface area contributed by atoms with Crippen molar-refractivity contribution in [3.8, 4) is 0 Å². The predicted molar refractivity (Wildman–Crippen MR) is 80.0 cm³/mol. The van der Waals surface area contributed by atoms with Crippen LogP contribution in [0.3, 0.4) is 0 Å². The molecule has 17 heavy (non-hydrogen) atoms. The van der Waals surface area contributed by atoms with Gasteiger partial charge in [0.2, 0.25) is 0 Å². The summed E-state index contributed by atoms with van der Waals surface area (Å²) >= 11 is 1.89. The lowest BCUT2D eigenvalue weighted by Crippen LogP contribution is -1.91. The minimum Gasteiger partial charge on any atom is -0.152 e. The normalized spacial score (nSPS) is 10.9. The standard InChI is InChI=1S/C16H28S/c1-3-5-7-8-10-12-16-14-17-13-15(16)11-9-6-4-2/h13-14H,3-12H2,1-2H3. The molecule has 0 saturated heterocycles. The summed E-state index contributed by atoms with van der Waals surface area (Å²) in [6.07, 6.45) is 13.7. The molecule has 0 aliphatic heterocycles. The van der Waals surface area contributed by atoms with Crippen LogP contribution >= 0.6 is 11.3 Å². The van der Waals surface area contributed by atoms with Crippen molar-refractivity contribution in [1.29, 1.82) is 0 Å². The first-order valence-electron chi connectivity index (χ1n) is 7.42. The molecule has 0 spiro atoms. The Morgan fingerprint density at radius 2 is 1.18 bits per heavy atom. The van der Waals surface area contributed by atoms with E-state index < -0.39 is 0 Å². The molecule has 0 aliphatic carbocycles. The van der Waals surface area contributed by atoms with Crippen molar-refractivity contribution in [3.63, 3.8) is 0 Å². The molecule has 1 rings (SSSR count). The highest BCUT2D eigenvalue weighted by Crippen LogP contribution is 2.20. The predicted octanol–water partition coefficient (Wildman–Crippen LogP) is 5.99. The average Bonchev–Trinajstić information content (AvgIpc) is 2.77. The fourth-order valence-electron chi connectivity index (χ4n) is 2.27. The largest absolute Gasteiger partial charge is 0.152 e. The van der Waals surface area contributed by atoms with Crippen LogP contribution < -0.4 is 0 Å². The van der Waals surface area contributed by atoms with Crippen LogP contribution in [0.25, 0.3) is 0 Å². The number of hydrogen-bond acceptors (Lipinski definition) is 1. The number of aryl methyl sites for hydroxylation is 2. The quantitative estimate of drug-likeness (QED) is 0.448. The monoisotopic (exact) mass is 252 g/mol. The molecule has 1 aromatic heterocycles. The van der Waals surface area contributed by atoms with Gasteiger partial charge in [0.25, 0.3) is 0 Å². The minimum absolute atomic E-state index is 1.31. The van der Waals surface area contributed by atoms with E-state index in [2.05, 4.69) is 24.6 Å². The summed E-state index contributed by atoms with van der Waals surface area (Å²) in [6.45, 7) is 4.56. The van der Waals surface area contributed by atoms with Crippen LogP contribution in [-0.4, -0.2) is 0 Å². The molecule has 0 fully saturated rings. The molecule has 0 N–H and O–H groups in total. The Morgan fingerprint density at radius 1 is 0.706 bits per heavy atom. The summed E-state index contributed by atoms with van der Waals surface area (Å²) in [5, 5.41) is 4.75. The Morgan fingerprint density at radius 3 is 1.76 bits per heavy atom. The van der Waals surface area contributed by atoms with E-state index in [0.29, 0.717) is 0 Å². The molecule has 0 amide bonds. The Labute approximate surface area is 111 Å². The summed E-state index contributed by atoms with van der Waals surface area (Å²) in [4.78, 5) is 0. The van der Waals surface area contributed by atoms with E-state index in [1.165, 1.54) is 64.2 Å². The third-order valence-corrected chi connectivity index (χ3v) is 4.27. The van der Waals surface area contributed by atoms with Gasteiger partial charge in [0.15, 0.2) is 0 Å². The van der Waals surface area contributed by atoms with Crippen LogP contribution in [0.1, 0.15) is 76.3 Å². The number of thiophene rings is 1. The fraction of sp³-hybridized carbons (Fsp3) is 0.750. The highest BCUT2D eigenvalue weighted by molar-refractivity contribution is 7.08. The number of hydrogen-bond donors (Lipinski definition) is 0. The SMILES string of the molecule is CCCCCCCc1cscc1CCCCC. The molecule has 1 aromatic rings. The first kappa shape index (κ1) is 14.8. The zero-order valence-corrected chi connectivity index (χ0v) is 12.5. The van der Waals surface area contributed by atoms with Crippen molar-refractivity contribution in [2.45, 2.75) is 78.1 Å². The fourth-order valence-corrected chi connectivity index (χ4v) is 3.21. The van der Waals surface area contributed by atoms with E-state index in [1.807, 2.05) is 11.3 Å². The van der Waals surface area contributed by atoms with Gasteiger partial charge in [-0.15, -0.1) is 0 Å². The summed E-state index contributed by atoms with van der Waals surface area (Å²) in [5.74, 6) is 0. The summed E-state index contributed by atoms with van der Waals surface area (Å²) in [7, 11) is 0. The Balaban J connectivity index is 2.20. The van der Waals surface area contributed by atoms with Gasteiger partial charge in [-0.05, 0) is 47.6 Å². The molecule has 0 unspecified atom stereocenters. The first-order chi connectivity index (χ1) is 8.38. The van der Waals surface area contributed by atoms with E-state index in [4.69, 9.17) is 0 Å². The highest BCUT2D eigenvalue weighted by atomic mass is 32.1. The van der Waals surface area contributed by atoms with Crippen LogP contribution in [0.15, 0.2) is 10.8 Å². The van der Waals surface area contributed by atoms with E-state index in [1.54, 1.807) is 11.1 Å². The second-order valence-electron chi connectivity index (χ2n) is 5.04. The lowest BCUT2D eigenvalue weighted by atomic mass is 10.0. The van der Waals surface area contributed by atoms with Crippen molar-refractivity contribution < 1.29 is 0 Å². The Kier molecular flexibility index (Phi) is 8.42. The van der Waals surface area contributed by atoms with E-state index in [0.717, 1.165) is 0 Å². The third kappa shape index (κ3) is 6.26. The van der Waals surface area contributed by atoms with Crippen molar-refractivity contribution in [2.24, 2.45) is 0 Å². The van der Waals surface area contributed by atoms with Crippen LogP contribution in [0.4, 0.5) is 0 Å². The lowest BCUT2D eigenvalue weighted by molar-refractivity contribution is 0.630. The van der Waals surface area contributed by atoms with E-state index >= 15 is 0 Å². The Bertz CT molecular complexity index is 275. The molecule has 0 aliphatic rings. The molecule has 98 valence electrons. The van der Waals surface area contributed by atoms with Gasteiger partial charge < -0.3 is 0 Å². The zero-order chi connectivity index (χ0) is 12.3. The number of unbranched alkanes of at least 4 members (excludes halogenated alkanes) is 6. The van der Waals surface area contributed by atoms with Crippen LogP contribution in [0, 0.1) is 0 Å². The topological polar surface area (TPSA) is 0 Å². The van der Waals surface area contributed by atoms with Crippen LogP contribution in [-0.2, 0) is 12.8 Å². The maximum Gasteiger partial charge on any atom is -0.00584 e. The van der Waals surface area contributed by atoms with Gasteiger partial charge in [-0.1, -0.05) is 52.4 Å². The first-order valence-corrected chi connectivity index (χ1v) is 8.36. The second-order valence-corrected chi connectivity index (χ2v) is 5.79. The molecule has 0 saturated carbocycles. The van der Waals surface area contributed by atoms with Gasteiger partial charge in [-0.3, -0.25) is 0 Å². The molecular formula is C16H28S. The van der Waals surface area contributed by atoms with Gasteiger partial charge in [0.1, 0.15) is 0 Å². The van der Waals surface area contributed by atoms with Crippen LogP contribution in [0.2, 0.25) is 0 Å². The molecular weight excluding hydrogens is 224 g/mol. The lowest BCUT2D eigenvalue weighted by Gasteiger charge is -2.04. The van der Waals surface area contributed by atoms with Gasteiger partial charge in [0.05, 0.1) is 0 Å². The molecule has 0 aromatic carbocycles. The highest BCUT2D eigenvalue weighted by Gasteiger charge is 2.03. The van der Waals surface area contributed by atoms with Gasteiger partial charge in [-0.25, -0.2) is 0 Å². The van der Waals surface area contributed by atoms with Crippen LogP contribution in [0.5, 0.6) is 0 Å². The van der Waals surface area contributed by atoms with Crippen molar-refractivity contribution in [2.75, 3.05) is 0 Å². The zero-order valence-electron chi connectivity index (χ0n) is 11.6. The maximum absolute atomic E-state index is 2.38. The van der Waals surface area contributed by atoms with Crippen molar-refractivity contribution in [3.05, 3.63) is 21.9 Å². The Hall–Kier alpha value is -0.300. The number of rotatable bonds is 10. The van der Waals surface area contributed by atoms with Crippen molar-refractivity contribution in [1.82, 2.24) is 0 Å². The molecule has 1 heteroatoms.